The summed E-state index contributed by atoms with van der Waals surface area (Å²) in [6, 6.07) is 1.87. The first-order valence-corrected chi connectivity index (χ1v) is 6.61. The molecule has 5 heteroatoms. The molecule has 104 valence electrons. The molecule has 0 aromatic carbocycles. The van der Waals surface area contributed by atoms with Crippen molar-refractivity contribution in [2.24, 2.45) is 5.92 Å². The van der Waals surface area contributed by atoms with Gasteiger partial charge in [-0.3, -0.25) is 9.78 Å². The van der Waals surface area contributed by atoms with Crippen molar-refractivity contribution in [1.82, 2.24) is 10.3 Å². The lowest BCUT2D eigenvalue weighted by Gasteiger charge is -2.10. The van der Waals surface area contributed by atoms with Crippen molar-refractivity contribution >= 4 is 5.91 Å². The second kappa shape index (κ2) is 6.52. The number of nitrogens with one attached hydrogen (secondary N) is 1. The lowest BCUT2D eigenvalue weighted by Crippen LogP contribution is -2.33. The predicted molar refractivity (Wildman–Crippen MR) is 70.9 cm³/mol. The van der Waals surface area contributed by atoms with Gasteiger partial charge in [0.1, 0.15) is 5.75 Å². The molecule has 1 saturated carbocycles. The number of carbonyl (C=O) groups is 1. The average molecular weight is 264 g/mol. The number of carbonyl (C=O) groups excluding carboxylic acids is 1. The van der Waals surface area contributed by atoms with Crippen LogP contribution in [0.3, 0.4) is 0 Å². The monoisotopic (exact) mass is 264 g/mol. The number of aryl methyl sites for hydroxylation is 1. The molecule has 0 aliphatic heterocycles. The van der Waals surface area contributed by atoms with Crippen LogP contribution in [0.25, 0.3) is 0 Å². The maximum atomic E-state index is 11.6. The summed E-state index contributed by atoms with van der Waals surface area (Å²) in [5.41, 5.74) is 0.970. The van der Waals surface area contributed by atoms with Crippen molar-refractivity contribution < 1.29 is 14.6 Å². The molecule has 1 aliphatic rings. The molecule has 2 rings (SSSR count). The van der Waals surface area contributed by atoms with Crippen LogP contribution in [0.4, 0.5) is 0 Å². The number of aliphatic hydroxyl groups excluding tert-OH is 1. The fourth-order valence-corrected chi connectivity index (χ4v) is 1.92. The van der Waals surface area contributed by atoms with Crippen molar-refractivity contribution in [2.75, 3.05) is 13.7 Å². The number of hydrogen-bond acceptors (Lipinski definition) is 4. The normalized spacial score (nSPS) is 15.9. The van der Waals surface area contributed by atoms with Crippen LogP contribution in [0.15, 0.2) is 18.5 Å². The Morgan fingerprint density at radius 2 is 2.37 bits per heavy atom. The first-order chi connectivity index (χ1) is 9.19. The van der Waals surface area contributed by atoms with Gasteiger partial charge in [-0.05, 0) is 36.8 Å². The molecule has 1 amide bonds. The Hall–Kier alpha value is -1.62. The summed E-state index contributed by atoms with van der Waals surface area (Å²) in [6.07, 6.45) is 6.15. The quantitative estimate of drug-likeness (QED) is 0.768. The summed E-state index contributed by atoms with van der Waals surface area (Å²) in [7, 11) is 1.59. The number of aromatic nitrogens is 1. The minimum Gasteiger partial charge on any atom is -0.495 e. The molecule has 1 atom stereocenters. The molecular formula is C14H20N2O3. The van der Waals surface area contributed by atoms with Gasteiger partial charge in [-0.25, -0.2) is 0 Å². The van der Waals surface area contributed by atoms with Crippen LogP contribution in [-0.4, -0.2) is 35.8 Å². The summed E-state index contributed by atoms with van der Waals surface area (Å²) in [6.45, 7) is 0.361. The van der Waals surface area contributed by atoms with Crippen LogP contribution in [0, 0.1) is 5.92 Å². The highest BCUT2D eigenvalue weighted by atomic mass is 16.5. The van der Waals surface area contributed by atoms with Gasteiger partial charge in [0.25, 0.3) is 0 Å². The number of rotatable bonds is 7. The van der Waals surface area contributed by atoms with Crippen molar-refractivity contribution in [3.8, 4) is 5.75 Å². The molecular weight excluding hydrogens is 244 g/mol. The molecule has 1 fully saturated rings. The largest absolute Gasteiger partial charge is 0.495 e. The van der Waals surface area contributed by atoms with Gasteiger partial charge in [0, 0.05) is 19.2 Å². The smallest absolute Gasteiger partial charge is 0.220 e. The summed E-state index contributed by atoms with van der Waals surface area (Å²) < 4.78 is 5.08. The van der Waals surface area contributed by atoms with Crippen molar-refractivity contribution in [3.05, 3.63) is 24.0 Å². The number of nitrogens with zero attached hydrogens (tertiary/aromatic N) is 1. The molecule has 5 nitrogen and oxygen atoms in total. The Kier molecular flexibility index (Phi) is 4.74. The number of amides is 1. The highest BCUT2D eigenvalue weighted by Crippen LogP contribution is 2.32. The fraction of sp³-hybridized carbons (Fsp3) is 0.571. The van der Waals surface area contributed by atoms with Crippen molar-refractivity contribution in [2.45, 2.75) is 31.8 Å². The predicted octanol–water partition coefficient (Wildman–Crippen LogP) is 0.910. The van der Waals surface area contributed by atoms with E-state index in [0.717, 1.165) is 18.4 Å². The van der Waals surface area contributed by atoms with E-state index in [1.54, 1.807) is 19.5 Å². The Balaban J connectivity index is 1.70. The number of pyridine rings is 1. The number of aliphatic hydroxyl groups is 1. The molecule has 2 N–H and O–H groups in total. The Morgan fingerprint density at radius 1 is 1.58 bits per heavy atom. The van der Waals surface area contributed by atoms with Crippen LogP contribution in [0.1, 0.15) is 24.8 Å². The average Bonchev–Trinajstić information content (AvgIpc) is 3.27. The fourth-order valence-electron chi connectivity index (χ4n) is 1.92. The summed E-state index contributed by atoms with van der Waals surface area (Å²) in [4.78, 5) is 15.7. The van der Waals surface area contributed by atoms with E-state index >= 15 is 0 Å². The molecule has 1 unspecified atom stereocenters. The van der Waals surface area contributed by atoms with E-state index in [4.69, 9.17) is 4.74 Å². The number of hydrogen-bond donors (Lipinski definition) is 2. The maximum absolute atomic E-state index is 11.6. The number of ether oxygens (including phenoxy) is 1. The first-order valence-electron chi connectivity index (χ1n) is 6.61. The van der Waals surface area contributed by atoms with Gasteiger partial charge < -0.3 is 15.2 Å². The summed E-state index contributed by atoms with van der Waals surface area (Å²) >= 11 is 0. The standard InChI is InChI=1S/C14H20N2O3/c1-19-12-6-10(7-15-8-12)2-5-14(18)16-9-13(17)11-3-4-11/h6-8,11,13,17H,2-5,9H2,1H3,(H,16,18). The van der Waals surface area contributed by atoms with Crippen LogP contribution in [-0.2, 0) is 11.2 Å². The third-order valence-corrected chi connectivity index (χ3v) is 3.32. The van der Waals surface area contributed by atoms with E-state index in [9.17, 15) is 9.90 Å². The van der Waals surface area contributed by atoms with E-state index < -0.39 is 0 Å². The minimum absolute atomic E-state index is 0.0393. The molecule has 19 heavy (non-hydrogen) atoms. The Morgan fingerprint density at radius 3 is 3.05 bits per heavy atom. The van der Waals surface area contributed by atoms with Crippen LogP contribution < -0.4 is 10.1 Å². The van der Waals surface area contributed by atoms with Gasteiger partial charge >= 0.3 is 0 Å². The lowest BCUT2D eigenvalue weighted by atomic mass is 10.1. The summed E-state index contributed by atoms with van der Waals surface area (Å²) in [5.74, 6) is 1.05. The molecule has 0 bridgehead atoms. The van der Waals surface area contributed by atoms with E-state index in [0.29, 0.717) is 31.1 Å². The molecule has 0 radical (unpaired) electrons. The first kappa shape index (κ1) is 13.8. The molecule has 0 saturated heterocycles. The highest BCUT2D eigenvalue weighted by molar-refractivity contribution is 5.76. The van der Waals surface area contributed by atoms with E-state index in [1.165, 1.54) is 0 Å². The van der Waals surface area contributed by atoms with Crippen molar-refractivity contribution in [1.29, 1.82) is 0 Å². The molecule has 1 heterocycles. The zero-order valence-corrected chi connectivity index (χ0v) is 11.1. The van der Waals surface area contributed by atoms with Gasteiger partial charge in [-0.2, -0.15) is 0 Å². The lowest BCUT2D eigenvalue weighted by molar-refractivity contribution is -0.121. The third kappa shape index (κ3) is 4.52. The molecule has 1 aliphatic carbocycles. The minimum atomic E-state index is -0.387. The van der Waals surface area contributed by atoms with Crippen molar-refractivity contribution in [3.63, 3.8) is 0 Å². The van der Waals surface area contributed by atoms with E-state index in [1.807, 2.05) is 6.07 Å². The zero-order valence-electron chi connectivity index (χ0n) is 11.1. The highest BCUT2D eigenvalue weighted by Gasteiger charge is 2.29. The Bertz CT molecular complexity index is 432. The molecule has 0 spiro atoms. The van der Waals surface area contributed by atoms with Gasteiger partial charge in [0.05, 0.1) is 19.4 Å². The van der Waals surface area contributed by atoms with Gasteiger partial charge in [-0.1, -0.05) is 0 Å². The van der Waals surface area contributed by atoms with Crippen LogP contribution in [0.5, 0.6) is 5.75 Å². The number of methoxy groups -OCH3 is 1. The molecule has 1 aromatic heterocycles. The third-order valence-electron chi connectivity index (χ3n) is 3.32. The molecule has 1 aromatic rings. The topological polar surface area (TPSA) is 71.5 Å². The Labute approximate surface area is 113 Å². The second-order valence-electron chi connectivity index (χ2n) is 4.94. The SMILES string of the molecule is COc1cncc(CCC(=O)NCC(O)C2CC2)c1. The summed E-state index contributed by atoms with van der Waals surface area (Å²) in [5, 5.41) is 12.4. The second-order valence-corrected chi connectivity index (χ2v) is 4.94. The van der Waals surface area contributed by atoms with Gasteiger partial charge in [0.2, 0.25) is 5.91 Å². The zero-order chi connectivity index (χ0) is 13.7. The van der Waals surface area contributed by atoms with Crippen LogP contribution >= 0.6 is 0 Å². The maximum Gasteiger partial charge on any atom is 0.220 e. The van der Waals surface area contributed by atoms with E-state index in [-0.39, 0.29) is 12.0 Å². The van der Waals surface area contributed by atoms with Crippen LogP contribution in [0.2, 0.25) is 0 Å². The van der Waals surface area contributed by atoms with Gasteiger partial charge in [0.15, 0.2) is 0 Å². The van der Waals surface area contributed by atoms with Gasteiger partial charge in [-0.15, -0.1) is 0 Å². The van der Waals surface area contributed by atoms with E-state index in [2.05, 4.69) is 10.3 Å².